The Kier molecular flexibility index (Phi) is 4.10. The Labute approximate surface area is 112 Å². The second-order valence-electron chi connectivity index (χ2n) is 3.82. The zero-order valence-corrected chi connectivity index (χ0v) is 10.6. The Morgan fingerprint density at radius 1 is 1.18 bits per heavy atom. The predicted octanol–water partition coefficient (Wildman–Crippen LogP) is -0.463. The molecule has 2 aliphatic rings. The van der Waals surface area contributed by atoms with Crippen molar-refractivity contribution in [1.82, 2.24) is 0 Å². The van der Waals surface area contributed by atoms with E-state index in [1.54, 1.807) is 0 Å². The van der Waals surface area contributed by atoms with Gasteiger partial charge in [-0.25, -0.2) is 0 Å². The molecule has 0 aromatic rings. The Balaban J connectivity index is 2.01. The summed E-state index contributed by atoms with van der Waals surface area (Å²) in [5.41, 5.74) is 0. The zero-order valence-electron chi connectivity index (χ0n) is 8.37. The average Bonchev–Trinajstić information content (AvgIpc) is 2.77. The molecule has 17 heavy (non-hydrogen) atoms. The van der Waals surface area contributed by atoms with Crippen LogP contribution in [0.2, 0.25) is 0 Å². The predicted molar refractivity (Wildman–Crippen MR) is 57.8 cm³/mol. The largest absolute Gasteiger partial charge is 0.394 e. The summed E-state index contributed by atoms with van der Waals surface area (Å²) in [7, 11) is 0. The van der Waals surface area contributed by atoms with Crippen molar-refractivity contribution in [1.29, 1.82) is 0 Å². The number of ether oxygens (including phenoxy) is 3. The van der Waals surface area contributed by atoms with Crippen molar-refractivity contribution in [3.63, 3.8) is 0 Å². The first-order valence-electron chi connectivity index (χ1n) is 4.84. The summed E-state index contributed by atoms with van der Waals surface area (Å²) < 4.78 is 13.8. The molecule has 1 unspecified atom stereocenters. The molecule has 0 radical (unpaired) electrons. The van der Waals surface area contributed by atoms with Crippen LogP contribution >= 0.6 is 34.8 Å². The van der Waals surface area contributed by atoms with Crippen LogP contribution in [0.4, 0.5) is 0 Å². The lowest BCUT2D eigenvalue weighted by Crippen LogP contribution is -2.42. The maximum atomic E-state index is 9.81. The van der Waals surface area contributed by atoms with Gasteiger partial charge in [0.2, 0.25) is 10.1 Å². The smallest absolute Gasteiger partial charge is 0.241 e. The Bertz CT molecular complexity index is 285. The molecule has 100 valence electrons. The van der Waals surface area contributed by atoms with Crippen LogP contribution in [0.25, 0.3) is 0 Å². The van der Waals surface area contributed by atoms with Gasteiger partial charge in [-0.05, 0) is 0 Å². The van der Waals surface area contributed by atoms with E-state index in [0.717, 1.165) is 0 Å². The molecule has 6 nitrogen and oxygen atoms in total. The molecule has 0 aromatic carbocycles. The van der Waals surface area contributed by atoms with Crippen molar-refractivity contribution >= 4 is 34.8 Å². The standard InChI is InChI=1S/C8H11Cl3O6/c9-8(10,11)7-16-5-3(14)4(2(13)1-12)15-6(5)17-7/h2-7,12-14H,1H2/t2-,3+,4-,5-,6-,7?/m1/s1. The van der Waals surface area contributed by atoms with Gasteiger partial charge >= 0.3 is 0 Å². The first-order valence-corrected chi connectivity index (χ1v) is 5.98. The number of rotatable bonds is 2. The summed E-state index contributed by atoms with van der Waals surface area (Å²) in [5.74, 6) is 0. The van der Waals surface area contributed by atoms with Crippen LogP contribution in [-0.4, -0.2) is 62.7 Å². The van der Waals surface area contributed by atoms with E-state index >= 15 is 0 Å². The fourth-order valence-electron chi connectivity index (χ4n) is 1.79. The highest BCUT2D eigenvalue weighted by atomic mass is 35.6. The van der Waals surface area contributed by atoms with Crippen molar-refractivity contribution in [2.75, 3.05) is 6.61 Å². The van der Waals surface area contributed by atoms with Gasteiger partial charge in [0, 0.05) is 0 Å². The van der Waals surface area contributed by atoms with Crippen molar-refractivity contribution < 1.29 is 29.5 Å². The number of aliphatic hydroxyl groups is 3. The Hall–Kier alpha value is 0.630. The summed E-state index contributed by atoms with van der Waals surface area (Å²) >= 11 is 16.7. The summed E-state index contributed by atoms with van der Waals surface area (Å²) in [6.07, 6.45) is -6.33. The molecule has 6 atom stereocenters. The van der Waals surface area contributed by atoms with E-state index in [1.165, 1.54) is 0 Å². The first-order chi connectivity index (χ1) is 7.84. The van der Waals surface area contributed by atoms with Gasteiger partial charge in [0.25, 0.3) is 0 Å². The molecule has 9 heteroatoms. The third kappa shape index (κ3) is 2.65. The number of alkyl halides is 3. The molecule has 0 amide bonds. The minimum absolute atomic E-state index is 0.547. The Morgan fingerprint density at radius 3 is 2.29 bits per heavy atom. The fraction of sp³-hybridized carbons (Fsp3) is 1.00. The second kappa shape index (κ2) is 4.96. The van der Waals surface area contributed by atoms with Gasteiger partial charge in [-0.15, -0.1) is 0 Å². The van der Waals surface area contributed by atoms with Gasteiger partial charge in [0.15, 0.2) is 6.29 Å². The van der Waals surface area contributed by atoms with Crippen LogP contribution in [0.3, 0.4) is 0 Å². The van der Waals surface area contributed by atoms with Gasteiger partial charge in [-0.3, -0.25) is 0 Å². The van der Waals surface area contributed by atoms with Crippen molar-refractivity contribution in [3.05, 3.63) is 0 Å². The minimum atomic E-state index is -1.79. The molecule has 0 aliphatic carbocycles. The molecular formula is C8H11Cl3O6. The summed E-state index contributed by atoms with van der Waals surface area (Å²) in [6.45, 7) is -0.547. The molecule has 0 saturated carbocycles. The fourth-order valence-corrected chi connectivity index (χ4v) is 2.10. The van der Waals surface area contributed by atoms with Crippen LogP contribution in [0.15, 0.2) is 0 Å². The van der Waals surface area contributed by atoms with Crippen molar-refractivity contribution in [2.45, 2.75) is 40.8 Å². The third-order valence-corrected chi connectivity index (χ3v) is 3.14. The molecule has 2 saturated heterocycles. The summed E-state index contributed by atoms with van der Waals surface area (Å²) in [5, 5.41) is 28.0. The maximum Gasteiger partial charge on any atom is 0.241 e. The molecular weight excluding hydrogens is 298 g/mol. The van der Waals surface area contributed by atoms with Gasteiger partial charge in [0.1, 0.15) is 24.4 Å². The van der Waals surface area contributed by atoms with E-state index in [0.29, 0.717) is 0 Å². The minimum Gasteiger partial charge on any atom is -0.394 e. The quantitative estimate of drug-likeness (QED) is 0.598. The molecule has 2 rings (SSSR count). The number of hydrogen-bond acceptors (Lipinski definition) is 6. The van der Waals surface area contributed by atoms with E-state index < -0.39 is 47.4 Å². The number of fused-ring (bicyclic) bond motifs is 1. The van der Waals surface area contributed by atoms with Crippen molar-refractivity contribution in [2.24, 2.45) is 0 Å². The van der Waals surface area contributed by atoms with E-state index in [4.69, 9.17) is 54.1 Å². The Morgan fingerprint density at radius 2 is 1.82 bits per heavy atom. The average molecular weight is 310 g/mol. The van der Waals surface area contributed by atoms with Crippen LogP contribution in [0.1, 0.15) is 0 Å². The van der Waals surface area contributed by atoms with E-state index in [-0.39, 0.29) is 0 Å². The SMILES string of the molecule is OC[C@@H](O)[C@H]1O[C@@H]2OC(C(Cl)(Cl)Cl)O[C@@H]2[C@H]1O. The topological polar surface area (TPSA) is 88.4 Å². The highest BCUT2D eigenvalue weighted by Gasteiger charge is 2.57. The zero-order chi connectivity index (χ0) is 12.8. The third-order valence-electron chi connectivity index (χ3n) is 2.60. The number of aliphatic hydroxyl groups excluding tert-OH is 3. The molecule has 0 spiro atoms. The van der Waals surface area contributed by atoms with Gasteiger partial charge in [-0.1, -0.05) is 34.8 Å². The van der Waals surface area contributed by atoms with Crippen molar-refractivity contribution in [3.8, 4) is 0 Å². The highest BCUT2D eigenvalue weighted by molar-refractivity contribution is 6.67. The normalized spacial score (nSPS) is 43.8. The van der Waals surface area contributed by atoms with Crippen LogP contribution in [0.5, 0.6) is 0 Å². The summed E-state index contributed by atoms with van der Waals surface area (Å²) in [4.78, 5) is 0. The lowest BCUT2D eigenvalue weighted by molar-refractivity contribution is -0.188. The number of halogens is 3. The van der Waals surface area contributed by atoms with E-state index in [9.17, 15) is 10.2 Å². The molecule has 0 aromatic heterocycles. The lowest BCUT2D eigenvalue weighted by Gasteiger charge is -2.24. The molecule has 3 N–H and O–H groups in total. The van der Waals surface area contributed by atoms with Crippen LogP contribution < -0.4 is 0 Å². The molecule has 2 aliphatic heterocycles. The van der Waals surface area contributed by atoms with Gasteiger partial charge < -0.3 is 29.5 Å². The van der Waals surface area contributed by atoms with E-state index in [2.05, 4.69) is 0 Å². The van der Waals surface area contributed by atoms with E-state index in [1.807, 2.05) is 0 Å². The van der Waals surface area contributed by atoms with Gasteiger partial charge in [0.05, 0.1) is 6.61 Å². The van der Waals surface area contributed by atoms with Crippen LogP contribution in [-0.2, 0) is 14.2 Å². The lowest BCUT2D eigenvalue weighted by atomic mass is 10.1. The monoisotopic (exact) mass is 308 g/mol. The highest BCUT2D eigenvalue weighted by Crippen LogP contribution is 2.42. The molecule has 2 fully saturated rings. The first kappa shape index (κ1) is 14.0. The second-order valence-corrected chi connectivity index (χ2v) is 6.19. The van der Waals surface area contributed by atoms with Crippen LogP contribution in [0, 0.1) is 0 Å². The summed E-state index contributed by atoms with van der Waals surface area (Å²) in [6, 6.07) is 0. The molecule has 2 heterocycles. The van der Waals surface area contributed by atoms with Gasteiger partial charge in [-0.2, -0.15) is 0 Å². The number of hydrogen-bond donors (Lipinski definition) is 3. The maximum absolute atomic E-state index is 9.81. The molecule has 0 bridgehead atoms.